The zero-order chi connectivity index (χ0) is 17.4. The zero-order valence-corrected chi connectivity index (χ0v) is 14.0. The molecule has 0 heterocycles. The van der Waals surface area contributed by atoms with Gasteiger partial charge in [-0.25, -0.2) is 4.79 Å². The molecule has 0 aliphatic carbocycles. The van der Waals surface area contributed by atoms with Crippen LogP contribution in [0.1, 0.15) is 42.2 Å². The molecule has 2 rings (SSSR count). The molecule has 2 aromatic rings. The molecule has 2 aromatic carbocycles. The molecule has 126 valence electrons. The second-order valence-corrected chi connectivity index (χ2v) is 5.53. The van der Waals surface area contributed by atoms with Gasteiger partial charge in [0.05, 0.1) is 17.3 Å². The first-order chi connectivity index (χ1) is 11.6. The summed E-state index contributed by atoms with van der Waals surface area (Å²) in [7, 11) is 0. The van der Waals surface area contributed by atoms with Crippen LogP contribution < -0.4 is 16.0 Å². The molecule has 0 aliphatic heterocycles. The SMILES string of the molecule is CCCNC(=O)Nc1ccccc1C(=O)N[C@@H](C)c1ccccc1. The highest BCUT2D eigenvalue weighted by atomic mass is 16.2. The normalized spacial score (nSPS) is 11.4. The molecule has 0 bridgehead atoms. The van der Waals surface area contributed by atoms with Gasteiger partial charge in [0, 0.05) is 6.54 Å². The van der Waals surface area contributed by atoms with Crippen molar-refractivity contribution < 1.29 is 9.59 Å². The van der Waals surface area contributed by atoms with Crippen LogP contribution in [0.2, 0.25) is 0 Å². The average molecular weight is 325 g/mol. The van der Waals surface area contributed by atoms with Crippen molar-refractivity contribution in [3.63, 3.8) is 0 Å². The summed E-state index contributed by atoms with van der Waals surface area (Å²) in [5.74, 6) is -0.224. The summed E-state index contributed by atoms with van der Waals surface area (Å²) in [4.78, 5) is 24.4. The Balaban J connectivity index is 2.08. The molecule has 1 atom stereocenters. The molecule has 0 aliphatic rings. The highest BCUT2D eigenvalue weighted by molar-refractivity contribution is 6.03. The van der Waals surface area contributed by atoms with Crippen molar-refractivity contribution in [1.82, 2.24) is 10.6 Å². The van der Waals surface area contributed by atoms with Crippen LogP contribution >= 0.6 is 0 Å². The van der Waals surface area contributed by atoms with Gasteiger partial charge in [-0.05, 0) is 31.0 Å². The quantitative estimate of drug-likeness (QED) is 0.758. The number of rotatable bonds is 6. The number of carbonyl (C=O) groups is 2. The predicted octanol–water partition coefficient (Wildman–Crippen LogP) is 3.71. The number of anilines is 1. The van der Waals surface area contributed by atoms with Gasteiger partial charge in [-0.3, -0.25) is 4.79 Å². The number of carbonyl (C=O) groups excluding carboxylic acids is 2. The first-order valence-corrected chi connectivity index (χ1v) is 8.11. The van der Waals surface area contributed by atoms with E-state index in [1.54, 1.807) is 24.3 Å². The number of nitrogens with one attached hydrogen (secondary N) is 3. The van der Waals surface area contributed by atoms with Crippen molar-refractivity contribution in [3.05, 3.63) is 65.7 Å². The third kappa shape index (κ3) is 4.84. The molecule has 0 saturated heterocycles. The largest absolute Gasteiger partial charge is 0.345 e. The number of hydrogen-bond donors (Lipinski definition) is 3. The molecule has 24 heavy (non-hydrogen) atoms. The summed E-state index contributed by atoms with van der Waals surface area (Å²) < 4.78 is 0. The van der Waals surface area contributed by atoms with E-state index in [-0.39, 0.29) is 18.0 Å². The maximum Gasteiger partial charge on any atom is 0.319 e. The summed E-state index contributed by atoms with van der Waals surface area (Å²) in [6.45, 7) is 4.50. The second-order valence-electron chi connectivity index (χ2n) is 5.53. The molecule has 0 aromatic heterocycles. The molecule has 5 nitrogen and oxygen atoms in total. The summed E-state index contributed by atoms with van der Waals surface area (Å²) in [6.07, 6.45) is 0.851. The topological polar surface area (TPSA) is 70.2 Å². The van der Waals surface area contributed by atoms with E-state index >= 15 is 0 Å². The van der Waals surface area contributed by atoms with Crippen LogP contribution in [0.15, 0.2) is 54.6 Å². The van der Waals surface area contributed by atoms with E-state index in [0.29, 0.717) is 17.8 Å². The Labute approximate surface area is 142 Å². The Bertz CT molecular complexity index is 686. The summed E-state index contributed by atoms with van der Waals surface area (Å²) in [5, 5.41) is 8.42. The predicted molar refractivity (Wildman–Crippen MR) is 96.1 cm³/mol. The van der Waals surface area contributed by atoms with E-state index in [4.69, 9.17) is 0 Å². The molecule has 0 radical (unpaired) electrons. The van der Waals surface area contributed by atoms with E-state index in [1.165, 1.54) is 0 Å². The highest BCUT2D eigenvalue weighted by Gasteiger charge is 2.15. The van der Waals surface area contributed by atoms with Crippen molar-refractivity contribution in [2.75, 3.05) is 11.9 Å². The lowest BCUT2D eigenvalue weighted by molar-refractivity contribution is 0.0941. The van der Waals surface area contributed by atoms with E-state index in [0.717, 1.165) is 12.0 Å². The van der Waals surface area contributed by atoms with Gasteiger partial charge in [0.2, 0.25) is 0 Å². The minimum atomic E-state index is -0.312. The Kier molecular flexibility index (Phi) is 6.37. The summed E-state index contributed by atoms with van der Waals surface area (Å²) in [5.41, 5.74) is 1.95. The van der Waals surface area contributed by atoms with E-state index in [9.17, 15) is 9.59 Å². The number of benzene rings is 2. The minimum absolute atomic E-state index is 0.124. The first kappa shape index (κ1) is 17.5. The Morgan fingerprint density at radius 3 is 2.38 bits per heavy atom. The fourth-order valence-corrected chi connectivity index (χ4v) is 2.29. The highest BCUT2D eigenvalue weighted by Crippen LogP contribution is 2.17. The Morgan fingerprint density at radius 1 is 1.00 bits per heavy atom. The van der Waals surface area contributed by atoms with Gasteiger partial charge in [0.15, 0.2) is 0 Å². The number of urea groups is 1. The monoisotopic (exact) mass is 325 g/mol. The van der Waals surface area contributed by atoms with Crippen LogP contribution in [-0.4, -0.2) is 18.5 Å². The third-order valence-corrected chi connectivity index (χ3v) is 3.60. The molecule has 5 heteroatoms. The van der Waals surface area contributed by atoms with Gasteiger partial charge >= 0.3 is 6.03 Å². The Hall–Kier alpha value is -2.82. The van der Waals surface area contributed by atoms with Crippen molar-refractivity contribution in [2.45, 2.75) is 26.3 Å². The van der Waals surface area contributed by atoms with Gasteiger partial charge in [-0.15, -0.1) is 0 Å². The van der Waals surface area contributed by atoms with Crippen LogP contribution in [0.3, 0.4) is 0 Å². The van der Waals surface area contributed by atoms with Crippen molar-refractivity contribution >= 4 is 17.6 Å². The zero-order valence-electron chi connectivity index (χ0n) is 14.0. The smallest absolute Gasteiger partial charge is 0.319 e. The molecule has 0 unspecified atom stereocenters. The average Bonchev–Trinajstić information content (AvgIpc) is 2.61. The molecule has 0 spiro atoms. The fraction of sp³-hybridized carbons (Fsp3) is 0.263. The van der Waals surface area contributed by atoms with Gasteiger partial charge in [0.25, 0.3) is 5.91 Å². The minimum Gasteiger partial charge on any atom is -0.345 e. The van der Waals surface area contributed by atoms with Gasteiger partial charge in [-0.2, -0.15) is 0 Å². The maximum atomic E-state index is 12.6. The molecule has 3 amide bonds. The first-order valence-electron chi connectivity index (χ1n) is 8.11. The lowest BCUT2D eigenvalue weighted by atomic mass is 10.1. The van der Waals surface area contributed by atoms with E-state index in [1.807, 2.05) is 44.2 Å². The van der Waals surface area contributed by atoms with E-state index in [2.05, 4.69) is 16.0 Å². The second kappa shape index (κ2) is 8.72. The van der Waals surface area contributed by atoms with Gasteiger partial charge < -0.3 is 16.0 Å². The summed E-state index contributed by atoms with van der Waals surface area (Å²) >= 11 is 0. The van der Waals surface area contributed by atoms with Gasteiger partial charge in [0.1, 0.15) is 0 Å². The van der Waals surface area contributed by atoms with Crippen LogP contribution in [-0.2, 0) is 0 Å². The number of para-hydroxylation sites is 1. The van der Waals surface area contributed by atoms with Crippen molar-refractivity contribution in [2.24, 2.45) is 0 Å². The maximum absolute atomic E-state index is 12.6. The molecule has 0 saturated carbocycles. The van der Waals surface area contributed by atoms with Crippen LogP contribution in [0, 0.1) is 0 Å². The Morgan fingerprint density at radius 2 is 1.67 bits per heavy atom. The fourth-order valence-electron chi connectivity index (χ4n) is 2.29. The number of hydrogen-bond acceptors (Lipinski definition) is 2. The molecular formula is C19H23N3O2. The van der Waals surface area contributed by atoms with Gasteiger partial charge in [-0.1, -0.05) is 49.4 Å². The summed E-state index contributed by atoms with van der Waals surface area (Å²) in [6, 6.07) is 16.3. The molecular weight excluding hydrogens is 302 g/mol. The van der Waals surface area contributed by atoms with Crippen LogP contribution in [0.25, 0.3) is 0 Å². The lowest BCUT2D eigenvalue weighted by Crippen LogP contribution is -2.31. The molecule has 0 fully saturated rings. The third-order valence-electron chi connectivity index (χ3n) is 3.60. The van der Waals surface area contributed by atoms with Crippen molar-refractivity contribution in [1.29, 1.82) is 0 Å². The van der Waals surface area contributed by atoms with Crippen LogP contribution in [0.5, 0.6) is 0 Å². The molecule has 3 N–H and O–H groups in total. The lowest BCUT2D eigenvalue weighted by Gasteiger charge is -2.16. The van der Waals surface area contributed by atoms with E-state index < -0.39 is 0 Å². The standard InChI is InChI=1S/C19H23N3O2/c1-3-13-20-19(24)22-17-12-8-7-11-16(17)18(23)21-14(2)15-9-5-4-6-10-15/h4-12,14H,3,13H2,1-2H3,(H,21,23)(H2,20,22,24)/t14-/m0/s1. The van der Waals surface area contributed by atoms with Crippen molar-refractivity contribution in [3.8, 4) is 0 Å². The number of amides is 3. The van der Waals surface area contributed by atoms with Crippen LogP contribution in [0.4, 0.5) is 10.5 Å².